The van der Waals surface area contributed by atoms with Gasteiger partial charge in [0.15, 0.2) is 0 Å². The lowest BCUT2D eigenvalue weighted by Crippen LogP contribution is -2.35. The molecule has 0 aromatic heterocycles. The molecule has 0 unspecified atom stereocenters. The van der Waals surface area contributed by atoms with Gasteiger partial charge in [0.25, 0.3) is 5.91 Å². The van der Waals surface area contributed by atoms with Crippen molar-refractivity contribution >= 4 is 15.9 Å². The molecule has 1 aromatic rings. The van der Waals surface area contributed by atoms with Crippen LogP contribution < -0.4 is 5.14 Å². The molecule has 1 amide bonds. The van der Waals surface area contributed by atoms with Crippen LogP contribution in [0.15, 0.2) is 23.1 Å². The minimum Gasteiger partial charge on any atom is -0.339 e. The highest BCUT2D eigenvalue weighted by molar-refractivity contribution is 7.89. The summed E-state index contributed by atoms with van der Waals surface area (Å²) in [5.41, 5.74) is 1.04. The number of amides is 1. The number of nitrogens with zero attached hydrogens (tertiary/aromatic N) is 1. The highest BCUT2D eigenvalue weighted by Crippen LogP contribution is 2.20. The van der Waals surface area contributed by atoms with Crippen molar-refractivity contribution in [2.45, 2.75) is 43.9 Å². The van der Waals surface area contributed by atoms with E-state index in [-0.39, 0.29) is 16.4 Å². The first-order chi connectivity index (χ1) is 9.89. The molecule has 1 aliphatic heterocycles. The Labute approximate surface area is 126 Å². The summed E-state index contributed by atoms with van der Waals surface area (Å²) in [4.78, 5) is 14.4. The first-order valence-corrected chi connectivity index (χ1v) is 8.87. The van der Waals surface area contributed by atoms with Crippen molar-refractivity contribution in [3.05, 3.63) is 29.3 Å². The number of primary sulfonamides is 1. The number of nitrogens with two attached hydrogens (primary N) is 1. The number of likely N-dealkylation sites (tertiary alicyclic amines) is 1. The van der Waals surface area contributed by atoms with Crippen molar-refractivity contribution in [1.82, 2.24) is 4.90 Å². The van der Waals surface area contributed by atoms with E-state index in [1.54, 1.807) is 17.0 Å². The van der Waals surface area contributed by atoms with Crippen LogP contribution in [0.5, 0.6) is 0 Å². The third kappa shape index (κ3) is 4.04. The van der Waals surface area contributed by atoms with Gasteiger partial charge < -0.3 is 4.90 Å². The maximum Gasteiger partial charge on any atom is 0.255 e. The third-order valence-electron chi connectivity index (χ3n) is 3.82. The molecule has 1 fully saturated rings. The van der Waals surface area contributed by atoms with Gasteiger partial charge in [0.05, 0.1) is 10.5 Å². The average Bonchev–Trinajstić information content (AvgIpc) is 2.36. The Morgan fingerprint density at radius 3 is 2.24 bits per heavy atom. The summed E-state index contributed by atoms with van der Waals surface area (Å²) >= 11 is 0. The average molecular weight is 310 g/mol. The smallest absolute Gasteiger partial charge is 0.255 e. The zero-order valence-electron chi connectivity index (χ0n) is 12.3. The van der Waals surface area contributed by atoms with E-state index in [9.17, 15) is 13.2 Å². The van der Waals surface area contributed by atoms with E-state index < -0.39 is 10.0 Å². The molecule has 1 aromatic carbocycles. The van der Waals surface area contributed by atoms with E-state index in [4.69, 9.17) is 5.14 Å². The number of hydrogen-bond donors (Lipinski definition) is 1. The van der Waals surface area contributed by atoms with Crippen molar-refractivity contribution in [2.24, 2.45) is 5.14 Å². The lowest BCUT2D eigenvalue weighted by Gasteiger charge is -2.25. The number of carbonyl (C=O) groups is 1. The minimum atomic E-state index is -3.90. The van der Waals surface area contributed by atoms with Gasteiger partial charge in [-0.05, 0) is 31.9 Å². The Kier molecular flexibility index (Phi) is 5.00. The van der Waals surface area contributed by atoms with E-state index in [0.29, 0.717) is 13.1 Å². The summed E-state index contributed by atoms with van der Waals surface area (Å²) in [6, 6.07) is 4.69. The van der Waals surface area contributed by atoms with Crippen molar-refractivity contribution < 1.29 is 13.2 Å². The summed E-state index contributed by atoms with van der Waals surface area (Å²) in [5.74, 6) is -0.232. The van der Waals surface area contributed by atoms with Gasteiger partial charge in [-0.1, -0.05) is 30.9 Å². The van der Waals surface area contributed by atoms with Crippen molar-refractivity contribution in [3.63, 3.8) is 0 Å². The highest BCUT2D eigenvalue weighted by atomic mass is 32.2. The quantitative estimate of drug-likeness (QED) is 0.907. The molecular weight excluding hydrogens is 288 g/mol. The number of aryl methyl sites for hydroxylation is 1. The molecule has 116 valence electrons. The van der Waals surface area contributed by atoms with Crippen LogP contribution in [-0.4, -0.2) is 32.3 Å². The highest BCUT2D eigenvalue weighted by Gasteiger charge is 2.24. The number of sulfonamides is 1. The van der Waals surface area contributed by atoms with Crippen molar-refractivity contribution in [1.29, 1.82) is 0 Å². The number of rotatable bonds is 2. The van der Waals surface area contributed by atoms with Crippen molar-refractivity contribution in [3.8, 4) is 0 Å². The van der Waals surface area contributed by atoms with Crippen LogP contribution in [-0.2, 0) is 10.0 Å². The van der Waals surface area contributed by atoms with Gasteiger partial charge in [0.2, 0.25) is 10.0 Å². The second kappa shape index (κ2) is 6.58. The van der Waals surface area contributed by atoms with Gasteiger partial charge in [-0.2, -0.15) is 0 Å². The Bertz CT molecular complexity index is 618. The second-order valence-corrected chi connectivity index (χ2v) is 7.13. The molecule has 0 aliphatic carbocycles. The zero-order valence-corrected chi connectivity index (χ0v) is 13.2. The zero-order chi connectivity index (χ0) is 15.5. The SMILES string of the molecule is Cc1ccc(S(N)(=O)=O)c(C(=O)N2CCCCCCC2)c1. The predicted octanol–water partition coefficient (Wildman–Crippen LogP) is 2.05. The van der Waals surface area contributed by atoms with E-state index in [2.05, 4.69) is 0 Å². The van der Waals surface area contributed by atoms with E-state index in [1.807, 2.05) is 6.92 Å². The predicted molar refractivity (Wildman–Crippen MR) is 81.5 cm³/mol. The number of hydrogen-bond acceptors (Lipinski definition) is 3. The molecule has 0 radical (unpaired) electrons. The Balaban J connectivity index is 2.35. The monoisotopic (exact) mass is 310 g/mol. The summed E-state index contributed by atoms with van der Waals surface area (Å²) in [5, 5.41) is 5.23. The second-order valence-electron chi connectivity index (χ2n) is 5.60. The first-order valence-electron chi connectivity index (χ1n) is 7.32. The molecule has 0 saturated carbocycles. The van der Waals surface area contributed by atoms with E-state index in [1.165, 1.54) is 12.5 Å². The van der Waals surface area contributed by atoms with Crippen LogP contribution in [0.25, 0.3) is 0 Å². The lowest BCUT2D eigenvalue weighted by molar-refractivity contribution is 0.0738. The van der Waals surface area contributed by atoms with Gasteiger partial charge in [-0.25, -0.2) is 13.6 Å². The van der Waals surface area contributed by atoms with Gasteiger partial charge in [-0.3, -0.25) is 4.79 Å². The Morgan fingerprint density at radius 1 is 1.10 bits per heavy atom. The summed E-state index contributed by atoms with van der Waals surface area (Å²) in [6.45, 7) is 3.19. The van der Waals surface area contributed by atoms with Gasteiger partial charge in [0, 0.05) is 13.1 Å². The molecule has 0 bridgehead atoms. The Morgan fingerprint density at radius 2 is 1.67 bits per heavy atom. The topological polar surface area (TPSA) is 80.5 Å². The van der Waals surface area contributed by atoms with Crippen LogP contribution in [0.2, 0.25) is 0 Å². The van der Waals surface area contributed by atoms with Crippen LogP contribution >= 0.6 is 0 Å². The van der Waals surface area contributed by atoms with Crippen LogP contribution in [0.3, 0.4) is 0 Å². The molecule has 0 atom stereocenters. The van der Waals surface area contributed by atoms with Gasteiger partial charge >= 0.3 is 0 Å². The Hall–Kier alpha value is -1.40. The fraction of sp³-hybridized carbons (Fsp3) is 0.533. The number of benzene rings is 1. The minimum absolute atomic E-state index is 0.0832. The largest absolute Gasteiger partial charge is 0.339 e. The summed E-state index contributed by atoms with van der Waals surface area (Å²) in [7, 11) is -3.90. The van der Waals surface area contributed by atoms with Gasteiger partial charge in [-0.15, -0.1) is 0 Å². The maximum atomic E-state index is 12.7. The van der Waals surface area contributed by atoms with E-state index in [0.717, 1.165) is 31.2 Å². The molecule has 2 N–H and O–H groups in total. The fourth-order valence-corrected chi connectivity index (χ4v) is 3.39. The third-order valence-corrected chi connectivity index (χ3v) is 4.78. The molecule has 21 heavy (non-hydrogen) atoms. The molecule has 0 spiro atoms. The lowest BCUT2D eigenvalue weighted by atomic mass is 10.1. The van der Waals surface area contributed by atoms with Gasteiger partial charge in [0.1, 0.15) is 0 Å². The summed E-state index contributed by atoms with van der Waals surface area (Å²) < 4.78 is 23.4. The molecular formula is C15H22N2O3S. The maximum absolute atomic E-state index is 12.7. The molecule has 1 heterocycles. The molecule has 2 rings (SSSR count). The van der Waals surface area contributed by atoms with Crippen LogP contribution in [0.1, 0.15) is 48.0 Å². The molecule has 1 aliphatic rings. The first kappa shape index (κ1) is 16.0. The molecule has 5 nitrogen and oxygen atoms in total. The van der Waals surface area contributed by atoms with Crippen molar-refractivity contribution in [2.75, 3.05) is 13.1 Å². The van der Waals surface area contributed by atoms with Crippen LogP contribution in [0.4, 0.5) is 0 Å². The summed E-state index contributed by atoms with van der Waals surface area (Å²) in [6.07, 6.45) is 5.35. The van der Waals surface area contributed by atoms with Crippen LogP contribution in [0, 0.1) is 6.92 Å². The number of carbonyl (C=O) groups excluding carboxylic acids is 1. The fourth-order valence-electron chi connectivity index (χ4n) is 2.68. The standard InChI is InChI=1S/C15H22N2O3S/c1-12-7-8-14(21(16,19)20)13(11-12)15(18)17-9-5-3-2-4-6-10-17/h7-8,11H,2-6,9-10H2,1H3,(H2,16,19,20). The van der Waals surface area contributed by atoms with E-state index >= 15 is 0 Å². The molecule has 6 heteroatoms. The normalized spacial score (nSPS) is 17.1. The molecule has 1 saturated heterocycles.